The predicted octanol–water partition coefficient (Wildman–Crippen LogP) is 2.05. The van der Waals surface area contributed by atoms with Crippen molar-refractivity contribution in [1.82, 2.24) is 10.6 Å². The molecule has 0 aliphatic rings. The van der Waals surface area contributed by atoms with Gasteiger partial charge in [0, 0.05) is 25.3 Å². The summed E-state index contributed by atoms with van der Waals surface area (Å²) in [6.45, 7) is 5.15. The molecule has 0 spiro atoms. The van der Waals surface area contributed by atoms with Crippen molar-refractivity contribution in [2.75, 3.05) is 20.3 Å². The smallest absolute Gasteiger partial charge is 0.191 e. The molecule has 1 aromatic rings. The maximum absolute atomic E-state index is 13.5. The number of hydrogen-bond donors (Lipinski definition) is 2. The summed E-state index contributed by atoms with van der Waals surface area (Å²) in [5.74, 6) is -0.390. The van der Waals surface area contributed by atoms with Crippen molar-refractivity contribution in [2.45, 2.75) is 26.4 Å². The van der Waals surface area contributed by atoms with Crippen molar-refractivity contribution >= 4 is 5.96 Å². The Bertz CT molecular complexity index is 452. The number of benzene rings is 1. The van der Waals surface area contributed by atoms with E-state index in [1.165, 1.54) is 0 Å². The Labute approximate surface area is 118 Å². The normalized spacial score (nSPS) is 13.2. The number of hydrogen-bond acceptors (Lipinski definition) is 2. The van der Waals surface area contributed by atoms with Crippen LogP contribution in [0.15, 0.2) is 23.2 Å². The molecule has 0 aliphatic carbocycles. The van der Waals surface area contributed by atoms with Crippen LogP contribution in [0.25, 0.3) is 0 Å². The van der Waals surface area contributed by atoms with Gasteiger partial charge < -0.3 is 15.4 Å². The van der Waals surface area contributed by atoms with Crippen LogP contribution < -0.4 is 10.6 Å². The van der Waals surface area contributed by atoms with E-state index in [-0.39, 0.29) is 18.2 Å². The summed E-state index contributed by atoms with van der Waals surface area (Å²) in [4.78, 5) is 4.24. The van der Waals surface area contributed by atoms with Crippen molar-refractivity contribution in [3.05, 3.63) is 35.4 Å². The molecule has 0 amide bonds. The van der Waals surface area contributed by atoms with E-state index in [2.05, 4.69) is 15.6 Å². The van der Waals surface area contributed by atoms with E-state index in [1.807, 2.05) is 13.8 Å². The largest absolute Gasteiger partial charge is 0.383 e. The average molecular weight is 285 g/mol. The monoisotopic (exact) mass is 285 g/mol. The maximum atomic E-state index is 13.5. The number of nitrogens with zero attached hydrogens (tertiary/aromatic N) is 1. The molecule has 0 aromatic heterocycles. The van der Waals surface area contributed by atoms with Gasteiger partial charge in [0.25, 0.3) is 0 Å². The summed E-state index contributed by atoms with van der Waals surface area (Å²) in [5, 5.41) is 6.16. The van der Waals surface area contributed by atoms with Gasteiger partial charge in [-0.15, -0.1) is 0 Å². The zero-order valence-electron chi connectivity index (χ0n) is 12.0. The molecular weight excluding hydrogens is 264 g/mol. The van der Waals surface area contributed by atoms with Crippen molar-refractivity contribution in [2.24, 2.45) is 4.99 Å². The molecule has 0 fully saturated rings. The summed E-state index contributed by atoms with van der Waals surface area (Å²) in [7, 11) is 1.62. The van der Waals surface area contributed by atoms with Gasteiger partial charge in [-0.1, -0.05) is 0 Å². The molecule has 0 saturated heterocycles. The molecule has 6 heteroatoms. The lowest BCUT2D eigenvalue weighted by atomic mass is 10.2. The van der Waals surface area contributed by atoms with Crippen LogP contribution in [0, 0.1) is 11.6 Å². The SMILES string of the molecule is CCNC(=NCc1cc(F)ccc1F)NC(C)COC. The Morgan fingerprint density at radius 1 is 1.40 bits per heavy atom. The summed E-state index contributed by atoms with van der Waals surface area (Å²) < 4.78 is 31.6. The molecule has 0 heterocycles. The Balaban J connectivity index is 2.73. The number of methoxy groups -OCH3 is 1. The molecule has 0 radical (unpaired) electrons. The Morgan fingerprint density at radius 3 is 2.80 bits per heavy atom. The Hall–Kier alpha value is -1.69. The van der Waals surface area contributed by atoms with Crippen LogP contribution in [-0.2, 0) is 11.3 Å². The van der Waals surface area contributed by atoms with Crippen molar-refractivity contribution in [3.8, 4) is 0 Å². The van der Waals surface area contributed by atoms with Crippen LogP contribution in [-0.4, -0.2) is 32.3 Å². The van der Waals surface area contributed by atoms with Crippen LogP contribution >= 0.6 is 0 Å². The van der Waals surface area contributed by atoms with Gasteiger partial charge in [0.2, 0.25) is 0 Å². The summed E-state index contributed by atoms with van der Waals surface area (Å²) >= 11 is 0. The van der Waals surface area contributed by atoms with E-state index >= 15 is 0 Å². The standard InChI is InChI=1S/C14H21F2N3O/c1-4-17-14(19-10(2)9-20-3)18-8-11-7-12(15)5-6-13(11)16/h5-7,10H,4,8-9H2,1-3H3,(H2,17,18,19). The first-order valence-electron chi connectivity index (χ1n) is 6.54. The minimum atomic E-state index is -0.470. The van der Waals surface area contributed by atoms with Crippen molar-refractivity contribution in [1.29, 1.82) is 0 Å². The number of ether oxygens (including phenoxy) is 1. The van der Waals surface area contributed by atoms with Gasteiger partial charge in [0.1, 0.15) is 11.6 Å². The number of aliphatic imine (C=N–C) groups is 1. The number of guanidine groups is 1. The molecule has 1 aromatic carbocycles. The van der Waals surface area contributed by atoms with Crippen molar-refractivity contribution in [3.63, 3.8) is 0 Å². The summed E-state index contributed by atoms with van der Waals surface area (Å²) in [6, 6.07) is 3.41. The lowest BCUT2D eigenvalue weighted by molar-refractivity contribution is 0.179. The fourth-order valence-corrected chi connectivity index (χ4v) is 1.67. The number of nitrogens with one attached hydrogen (secondary N) is 2. The average Bonchev–Trinajstić information content (AvgIpc) is 2.40. The highest BCUT2D eigenvalue weighted by atomic mass is 19.1. The second-order valence-electron chi connectivity index (χ2n) is 4.43. The topological polar surface area (TPSA) is 45.7 Å². The van der Waals surface area contributed by atoms with Gasteiger partial charge >= 0.3 is 0 Å². The van der Waals surface area contributed by atoms with Gasteiger partial charge in [-0.2, -0.15) is 0 Å². The van der Waals surface area contributed by atoms with E-state index < -0.39 is 11.6 Å². The third-order valence-electron chi connectivity index (χ3n) is 2.56. The zero-order valence-corrected chi connectivity index (χ0v) is 12.0. The van der Waals surface area contributed by atoms with E-state index in [0.29, 0.717) is 19.1 Å². The highest BCUT2D eigenvalue weighted by Gasteiger charge is 2.06. The minimum Gasteiger partial charge on any atom is -0.383 e. The van der Waals surface area contributed by atoms with Gasteiger partial charge in [0.15, 0.2) is 5.96 Å². The second-order valence-corrected chi connectivity index (χ2v) is 4.43. The maximum Gasteiger partial charge on any atom is 0.191 e. The van der Waals surface area contributed by atoms with E-state index in [9.17, 15) is 8.78 Å². The third kappa shape index (κ3) is 5.52. The van der Waals surface area contributed by atoms with Crippen LogP contribution in [0.1, 0.15) is 19.4 Å². The molecule has 1 unspecified atom stereocenters. The van der Waals surface area contributed by atoms with Crippen LogP contribution in [0.3, 0.4) is 0 Å². The first-order valence-corrected chi connectivity index (χ1v) is 6.54. The molecule has 4 nitrogen and oxygen atoms in total. The molecule has 112 valence electrons. The second kappa shape index (κ2) is 8.47. The Morgan fingerprint density at radius 2 is 2.15 bits per heavy atom. The predicted molar refractivity (Wildman–Crippen MR) is 75.6 cm³/mol. The fraction of sp³-hybridized carbons (Fsp3) is 0.500. The molecule has 20 heavy (non-hydrogen) atoms. The highest BCUT2D eigenvalue weighted by Crippen LogP contribution is 2.10. The fourth-order valence-electron chi connectivity index (χ4n) is 1.67. The molecule has 2 N–H and O–H groups in total. The lowest BCUT2D eigenvalue weighted by Crippen LogP contribution is -2.43. The van der Waals surface area contributed by atoms with Gasteiger partial charge in [-0.25, -0.2) is 13.8 Å². The first-order chi connectivity index (χ1) is 9.56. The first kappa shape index (κ1) is 16.4. The summed E-state index contributed by atoms with van der Waals surface area (Å²) in [5.41, 5.74) is 0.224. The van der Waals surface area contributed by atoms with E-state index in [4.69, 9.17) is 4.74 Å². The highest BCUT2D eigenvalue weighted by molar-refractivity contribution is 5.80. The molecule has 1 atom stereocenters. The van der Waals surface area contributed by atoms with Crippen molar-refractivity contribution < 1.29 is 13.5 Å². The van der Waals surface area contributed by atoms with Gasteiger partial charge in [-0.05, 0) is 32.0 Å². The third-order valence-corrected chi connectivity index (χ3v) is 2.56. The van der Waals surface area contributed by atoms with Gasteiger partial charge in [0.05, 0.1) is 13.2 Å². The molecular formula is C14H21F2N3O. The number of halogens is 2. The molecule has 0 saturated carbocycles. The number of rotatable bonds is 6. The lowest BCUT2D eigenvalue weighted by Gasteiger charge is -2.17. The summed E-state index contributed by atoms with van der Waals surface area (Å²) in [6.07, 6.45) is 0. The van der Waals surface area contributed by atoms with Crippen LogP contribution in [0.4, 0.5) is 8.78 Å². The quantitative estimate of drug-likeness (QED) is 0.621. The van der Waals surface area contributed by atoms with E-state index in [0.717, 1.165) is 18.2 Å². The van der Waals surface area contributed by atoms with Gasteiger partial charge in [-0.3, -0.25) is 0 Å². The van der Waals surface area contributed by atoms with Crippen LogP contribution in [0.5, 0.6) is 0 Å². The zero-order chi connectivity index (χ0) is 15.0. The molecule has 0 aliphatic heterocycles. The Kier molecular flexibility index (Phi) is 6.93. The molecule has 1 rings (SSSR count). The van der Waals surface area contributed by atoms with Crippen LogP contribution in [0.2, 0.25) is 0 Å². The minimum absolute atomic E-state index is 0.0650. The van der Waals surface area contributed by atoms with E-state index in [1.54, 1.807) is 7.11 Å². The molecule has 0 bridgehead atoms.